The molecule has 2 aromatic carbocycles. The third-order valence-corrected chi connectivity index (χ3v) is 5.73. The summed E-state index contributed by atoms with van der Waals surface area (Å²) in [6, 6.07) is 13.9. The number of hydrogen-bond acceptors (Lipinski definition) is 4. The lowest BCUT2D eigenvalue weighted by Crippen LogP contribution is -2.49. The molecule has 3 rings (SSSR count). The van der Waals surface area contributed by atoms with Gasteiger partial charge >= 0.3 is 12.0 Å². The number of carbonyl (C=O) groups excluding carboxylic acids is 2. The van der Waals surface area contributed by atoms with Crippen molar-refractivity contribution in [2.75, 3.05) is 19.8 Å². The minimum atomic E-state index is -0.736. The first kappa shape index (κ1) is 23.7. The molecule has 0 bridgehead atoms. The number of ether oxygens (including phenoxy) is 2. The molecule has 32 heavy (non-hydrogen) atoms. The molecule has 1 aliphatic rings. The summed E-state index contributed by atoms with van der Waals surface area (Å²) in [5.41, 5.74) is 2.61. The van der Waals surface area contributed by atoms with E-state index in [9.17, 15) is 9.59 Å². The molecule has 1 heterocycles. The molecule has 2 amide bonds. The van der Waals surface area contributed by atoms with Gasteiger partial charge < -0.3 is 14.8 Å². The van der Waals surface area contributed by atoms with Crippen molar-refractivity contribution in [2.45, 2.75) is 39.7 Å². The first-order valence-electron chi connectivity index (χ1n) is 10.8. The summed E-state index contributed by atoms with van der Waals surface area (Å²) in [7, 11) is 0. The van der Waals surface area contributed by atoms with Crippen LogP contribution in [-0.4, -0.2) is 36.7 Å². The van der Waals surface area contributed by atoms with E-state index in [-0.39, 0.29) is 19.2 Å². The van der Waals surface area contributed by atoms with Crippen LogP contribution < -0.4 is 10.1 Å². The number of halogens is 1. The van der Waals surface area contributed by atoms with Crippen LogP contribution in [0.25, 0.3) is 0 Å². The number of carbonyl (C=O) groups is 2. The fraction of sp³-hybridized carbons (Fsp3) is 0.360. The Kier molecular flexibility index (Phi) is 7.80. The maximum Gasteiger partial charge on any atom is 0.338 e. The summed E-state index contributed by atoms with van der Waals surface area (Å²) >= 11 is 6.41. The van der Waals surface area contributed by atoms with E-state index < -0.39 is 12.0 Å². The summed E-state index contributed by atoms with van der Waals surface area (Å²) in [4.78, 5) is 27.5. The third kappa shape index (κ3) is 5.07. The van der Waals surface area contributed by atoms with Crippen LogP contribution in [0.4, 0.5) is 4.79 Å². The molecule has 1 aliphatic heterocycles. The van der Waals surface area contributed by atoms with Crippen molar-refractivity contribution in [3.63, 3.8) is 0 Å². The molecule has 0 radical (unpaired) electrons. The monoisotopic (exact) mass is 456 g/mol. The van der Waals surface area contributed by atoms with Gasteiger partial charge in [0.2, 0.25) is 0 Å². The zero-order valence-corrected chi connectivity index (χ0v) is 19.6. The van der Waals surface area contributed by atoms with Crippen LogP contribution in [0.1, 0.15) is 50.8 Å². The molecule has 2 aromatic rings. The van der Waals surface area contributed by atoms with Crippen LogP contribution in [0.2, 0.25) is 5.02 Å². The Labute approximate surface area is 194 Å². The molecule has 170 valence electrons. The summed E-state index contributed by atoms with van der Waals surface area (Å²) in [5.74, 6) is 0.558. The Bertz CT molecular complexity index is 1000. The second kappa shape index (κ2) is 10.6. The lowest BCUT2D eigenvalue weighted by atomic mass is 9.94. The van der Waals surface area contributed by atoms with Gasteiger partial charge in [0.05, 0.1) is 23.9 Å². The third-order valence-electron chi connectivity index (χ3n) is 5.39. The van der Waals surface area contributed by atoms with Gasteiger partial charge in [0.15, 0.2) is 0 Å². The summed E-state index contributed by atoms with van der Waals surface area (Å²) < 4.78 is 11.4. The van der Waals surface area contributed by atoms with Crippen LogP contribution in [-0.2, 0) is 9.53 Å². The lowest BCUT2D eigenvalue weighted by Gasteiger charge is -2.36. The Balaban J connectivity index is 2.03. The van der Waals surface area contributed by atoms with E-state index in [2.05, 4.69) is 19.2 Å². The SMILES string of the molecule is CCOC(=O)C1=C(COc2ccc(C(C)C)cc2)N(CC)C(=O)N[C@@H]1c1ccccc1Cl. The van der Waals surface area contributed by atoms with E-state index in [1.807, 2.05) is 37.3 Å². The number of likely N-dealkylation sites (N-methyl/N-ethyl adjacent to an activating group) is 1. The lowest BCUT2D eigenvalue weighted by molar-refractivity contribution is -0.139. The molecule has 0 saturated carbocycles. The largest absolute Gasteiger partial charge is 0.487 e. The Morgan fingerprint density at radius 2 is 1.81 bits per heavy atom. The van der Waals surface area contributed by atoms with Crippen molar-refractivity contribution in [1.82, 2.24) is 10.2 Å². The normalized spacial score (nSPS) is 16.2. The number of hydrogen-bond donors (Lipinski definition) is 1. The van der Waals surface area contributed by atoms with Crippen molar-refractivity contribution in [3.8, 4) is 5.75 Å². The van der Waals surface area contributed by atoms with Crippen LogP contribution in [0.3, 0.4) is 0 Å². The van der Waals surface area contributed by atoms with Gasteiger partial charge in [-0.05, 0) is 49.1 Å². The Hall–Kier alpha value is -2.99. The quantitative estimate of drug-likeness (QED) is 0.536. The van der Waals surface area contributed by atoms with Gasteiger partial charge in [0.25, 0.3) is 0 Å². The summed E-state index contributed by atoms with van der Waals surface area (Å²) in [6.45, 7) is 8.46. The molecular formula is C25H29ClN2O4. The van der Waals surface area contributed by atoms with Crippen molar-refractivity contribution in [3.05, 3.63) is 76.0 Å². The second-order valence-corrected chi connectivity index (χ2v) is 8.15. The maximum atomic E-state index is 13.0. The van der Waals surface area contributed by atoms with Gasteiger partial charge in [-0.25, -0.2) is 9.59 Å². The molecule has 0 saturated heterocycles. The zero-order chi connectivity index (χ0) is 23.3. The van der Waals surface area contributed by atoms with Crippen molar-refractivity contribution in [2.24, 2.45) is 0 Å². The van der Waals surface area contributed by atoms with E-state index in [1.165, 1.54) is 10.5 Å². The van der Waals surface area contributed by atoms with Gasteiger partial charge in [-0.1, -0.05) is 55.8 Å². The molecule has 0 fully saturated rings. The molecular weight excluding hydrogens is 428 g/mol. The molecule has 1 N–H and O–H groups in total. The average molecular weight is 457 g/mol. The zero-order valence-electron chi connectivity index (χ0n) is 18.9. The van der Waals surface area contributed by atoms with Crippen LogP contribution >= 0.6 is 11.6 Å². The number of amides is 2. The average Bonchev–Trinajstić information content (AvgIpc) is 2.78. The number of urea groups is 1. The second-order valence-electron chi connectivity index (χ2n) is 7.74. The number of esters is 1. The fourth-order valence-electron chi connectivity index (χ4n) is 3.69. The first-order valence-corrected chi connectivity index (χ1v) is 11.2. The predicted octanol–water partition coefficient (Wildman–Crippen LogP) is 5.45. The van der Waals surface area contributed by atoms with E-state index >= 15 is 0 Å². The van der Waals surface area contributed by atoms with E-state index in [0.29, 0.717) is 40.1 Å². The highest BCUT2D eigenvalue weighted by atomic mass is 35.5. The predicted molar refractivity (Wildman–Crippen MR) is 125 cm³/mol. The number of rotatable bonds is 8. The number of nitrogens with zero attached hydrogens (tertiary/aromatic N) is 1. The number of benzene rings is 2. The minimum Gasteiger partial charge on any atom is -0.487 e. The smallest absolute Gasteiger partial charge is 0.338 e. The topological polar surface area (TPSA) is 67.9 Å². The molecule has 0 aliphatic carbocycles. The molecule has 0 unspecified atom stereocenters. The highest BCUT2D eigenvalue weighted by molar-refractivity contribution is 6.31. The standard InChI is InChI=1S/C25H29ClN2O4/c1-5-28-21(15-32-18-13-11-17(12-14-18)16(3)4)22(24(29)31-6-2)23(27-25(28)30)19-9-7-8-10-20(19)26/h7-14,16,23H,5-6,15H2,1-4H3,(H,27,30)/t23-/m1/s1. The molecule has 1 atom stereocenters. The van der Waals surface area contributed by atoms with Crippen molar-refractivity contribution in [1.29, 1.82) is 0 Å². The Morgan fingerprint density at radius 3 is 2.41 bits per heavy atom. The molecule has 0 spiro atoms. The fourth-order valence-corrected chi connectivity index (χ4v) is 3.93. The summed E-state index contributed by atoms with van der Waals surface area (Å²) in [5, 5.41) is 3.35. The highest BCUT2D eigenvalue weighted by Crippen LogP contribution is 2.35. The molecule has 7 heteroatoms. The van der Waals surface area contributed by atoms with Gasteiger partial charge in [-0.3, -0.25) is 4.90 Å². The van der Waals surface area contributed by atoms with E-state index in [1.54, 1.807) is 25.1 Å². The Morgan fingerprint density at radius 1 is 1.12 bits per heavy atom. The van der Waals surface area contributed by atoms with Crippen molar-refractivity contribution >= 4 is 23.6 Å². The van der Waals surface area contributed by atoms with Crippen LogP contribution in [0.15, 0.2) is 59.8 Å². The minimum absolute atomic E-state index is 0.0391. The highest BCUT2D eigenvalue weighted by Gasteiger charge is 2.38. The van der Waals surface area contributed by atoms with Gasteiger partial charge in [0.1, 0.15) is 12.4 Å². The van der Waals surface area contributed by atoms with Gasteiger partial charge in [-0.15, -0.1) is 0 Å². The van der Waals surface area contributed by atoms with Gasteiger partial charge in [0, 0.05) is 11.6 Å². The first-order chi connectivity index (χ1) is 15.4. The number of nitrogens with one attached hydrogen (secondary N) is 1. The van der Waals surface area contributed by atoms with E-state index in [0.717, 1.165) is 0 Å². The van der Waals surface area contributed by atoms with Crippen LogP contribution in [0, 0.1) is 0 Å². The van der Waals surface area contributed by atoms with Crippen molar-refractivity contribution < 1.29 is 19.1 Å². The molecule has 0 aromatic heterocycles. The van der Waals surface area contributed by atoms with Gasteiger partial charge in [-0.2, -0.15) is 0 Å². The van der Waals surface area contributed by atoms with Crippen LogP contribution in [0.5, 0.6) is 5.75 Å². The summed E-state index contributed by atoms with van der Waals surface area (Å²) in [6.07, 6.45) is 0. The van der Waals surface area contributed by atoms with E-state index in [4.69, 9.17) is 21.1 Å². The molecule has 6 nitrogen and oxygen atoms in total. The maximum absolute atomic E-state index is 13.0.